The number of hydrogen-bond acceptors (Lipinski definition) is 3. The van der Waals surface area contributed by atoms with E-state index in [1.807, 2.05) is 54.6 Å². The van der Waals surface area contributed by atoms with Crippen molar-refractivity contribution in [1.29, 1.82) is 0 Å². The Morgan fingerprint density at radius 1 is 1.05 bits per heavy atom. The molecule has 0 aliphatic rings. The highest BCUT2D eigenvalue weighted by molar-refractivity contribution is 7.19. The van der Waals surface area contributed by atoms with E-state index in [1.54, 1.807) is 6.08 Å². The molecule has 20 heavy (non-hydrogen) atoms. The summed E-state index contributed by atoms with van der Waals surface area (Å²) in [4.78, 5) is 16.2. The van der Waals surface area contributed by atoms with Crippen molar-refractivity contribution in [3.63, 3.8) is 0 Å². The summed E-state index contributed by atoms with van der Waals surface area (Å²) in [7, 11) is 0. The number of nitrogens with zero attached hydrogens (tertiary/aromatic N) is 1. The number of amides is 1. The number of carbonyl (C=O) groups is 1. The van der Waals surface area contributed by atoms with Crippen LogP contribution < -0.4 is 5.73 Å². The molecule has 2 N–H and O–H groups in total. The quantitative estimate of drug-likeness (QED) is 0.748. The molecule has 1 aromatic heterocycles. The molecule has 0 radical (unpaired) electrons. The first kappa shape index (κ1) is 12.6. The van der Waals surface area contributed by atoms with Crippen LogP contribution in [0.2, 0.25) is 0 Å². The first-order valence-electron chi connectivity index (χ1n) is 6.16. The van der Waals surface area contributed by atoms with Crippen molar-refractivity contribution in [2.75, 3.05) is 0 Å². The smallest absolute Gasteiger partial charge is 0.251 e. The lowest BCUT2D eigenvalue weighted by atomic mass is 10.1. The first-order valence-corrected chi connectivity index (χ1v) is 6.98. The average Bonchev–Trinajstić information content (AvgIpc) is 2.89. The topological polar surface area (TPSA) is 56.0 Å². The molecule has 1 heterocycles. The summed E-state index contributed by atoms with van der Waals surface area (Å²) in [6.07, 6.45) is 1.78. The predicted molar refractivity (Wildman–Crippen MR) is 83.1 cm³/mol. The van der Waals surface area contributed by atoms with Gasteiger partial charge in [0.15, 0.2) is 0 Å². The second kappa shape index (κ2) is 5.27. The Morgan fingerprint density at radius 2 is 1.75 bits per heavy atom. The number of primary amides is 1. The number of rotatable bonds is 3. The van der Waals surface area contributed by atoms with E-state index >= 15 is 0 Å². The van der Waals surface area contributed by atoms with Gasteiger partial charge < -0.3 is 5.73 Å². The van der Waals surface area contributed by atoms with E-state index in [1.165, 1.54) is 11.3 Å². The van der Waals surface area contributed by atoms with Crippen LogP contribution in [0.3, 0.4) is 0 Å². The summed E-state index contributed by atoms with van der Waals surface area (Å²) in [5, 5.41) is 0.655. The number of thiazole rings is 1. The number of benzene rings is 2. The molecule has 3 aromatic rings. The highest BCUT2D eigenvalue weighted by atomic mass is 32.1. The second-order valence-electron chi connectivity index (χ2n) is 4.32. The van der Waals surface area contributed by atoms with Gasteiger partial charge in [-0.1, -0.05) is 42.5 Å². The predicted octanol–water partition coefficient (Wildman–Crippen LogP) is 3.32. The molecule has 0 bridgehead atoms. The van der Waals surface area contributed by atoms with Crippen LogP contribution in [0.5, 0.6) is 0 Å². The summed E-state index contributed by atoms with van der Waals surface area (Å²) in [6, 6.07) is 17.4. The van der Waals surface area contributed by atoms with Gasteiger partial charge in [0, 0.05) is 0 Å². The van der Waals surface area contributed by atoms with Crippen molar-refractivity contribution in [1.82, 2.24) is 4.98 Å². The van der Waals surface area contributed by atoms with Crippen LogP contribution in [-0.4, -0.2) is 10.9 Å². The number of para-hydroxylation sites is 1. The van der Waals surface area contributed by atoms with Crippen LogP contribution in [0.15, 0.2) is 54.6 Å². The van der Waals surface area contributed by atoms with Crippen molar-refractivity contribution in [2.24, 2.45) is 5.73 Å². The molecule has 3 nitrogen and oxygen atoms in total. The van der Waals surface area contributed by atoms with Gasteiger partial charge in [0.1, 0.15) is 5.01 Å². The van der Waals surface area contributed by atoms with Crippen molar-refractivity contribution in [3.05, 3.63) is 65.2 Å². The van der Waals surface area contributed by atoms with Gasteiger partial charge in [0.25, 0.3) is 5.91 Å². The Bertz CT molecular complexity index is 757. The molecule has 98 valence electrons. The number of nitrogens with two attached hydrogens (primary N) is 1. The van der Waals surface area contributed by atoms with Gasteiger partial charge in [-0.15, -0.1) is 11.3 Å². The Kier molecular flexibility index (Phi) is 3.31. The Morgan fingerprint density at radius 3 is 2.45 bits per heavy atom. The normalized spacial score (nSPS) is 11.7. The monoisotopic (exact) mass is 280 g/mol. The zero-order valence-corrected chi connectivity index (χ0v) is 11.4. The standard InChI is InChI=1S/C16H12N2OS/c17-15(19)12(10-11-6-2-1-3-7-11)16-18-13-8-4-5-9-14(13)20-16/h1-10H,(H2,17,19)/b12-10+. The van der Waals surface area contributed by atoms with E-state index in [0.29, 0.717) is 10.6 Å². The van der Waals surface area contributed by atoms with Gasteiger partial charge in [-0.2, -0.15) is 0 Å². The van der Waals surface area contributed by atoms with Crippen molar-refractivity contribution in [2.45, 2.75) is 0 Å². The lowest BCUT2D eigenvalue weighted by molar-refractivity contribution is -0.112. The minimum Gasteiger partial charge on any atom is -0.366 e. The van der Waals surface area contributed by atoms with Crippen LogP contribution in [0.4, 0.5) is 0 Å². The number of aromatic nitrogens is 1. The van der Waals surface area contributed by atoms with Gasteiger partial charge in [0.2, 0.25) is 0 Å². The lowest BCUT2D eigenvalue weighted by Gasteiger charge is -1.99. The van der Waals surface area contributed by atoms with E-state index < -0.39 is 5.91 Å². The molecule has 0 spiro atoms. The molecule has 3 rings (SSSR count). The Balaban J connectivity index is 2.11. The molecule has 0 atom stereocenters. The Labute approximate surface area is 120 Å². The molecule has 1 amide bonds. The molecule has 0 unspecified atom stereocenters. The fourth-order valence-electron chi connectivity index (χ4n) is 1.94. The van der Waals surface area contributed by atoms with Crippen LogP contribution in [0.1, 0.15) is 10.6 Å². The average molecular weight is 280 g/mol. The molecule has 0 fully saturated rings. The summed E-state index contributed by atoms with van der Waals surface area (Å²) in [5.41, 5.74) is 7.75. The van der Waals surface area contributed by atoms with E-state index in [9.17, 15) is 4.79 Å². The third kappa shape index (κ3) is 2.46. The van der Waals surface area contributed by atoms with Crippen molar-refractivity contribution in [3.8, 4) is 0 Å². The second-order valence-corrected chi connectivity index (χ2v) is 5.35. The summed E-state index contributed by atoms with van der Waals surface area (Å²) < 4.78 is 1.04. The summed E-state index contributed by atoms with van der Waals surface area (Å²) in [5.74, 6) is -0.465. The maximum absolute atomic E-state index is 11.7. The molecule has 0 saturated heterocycles. The zero-order chi connectivity index (χ0) is 13.9. The van der Waals surface area contributed by atoms with Crippen LogP contribution in [0, 0.1) is 0 Å². The minimum absolute atomic E-state index is 0.442. The van der Waals surface area contributed by atoms with Gasteiger partial charge in [-0.05, 0) is 23.8 Å². The lowest BCUT2D eigenvalue weighted by Crippen LogP contribution is -2.12. The highest BCUT2D eigenvalue weighted by Crippen LogP contribution is 2.28. The molecular weight excluding hydrogens is 268 g/mol. The molecule has 0 aliphatic carbocycles. The maximum atomic E-state index is 11.7. The Hall–Kier alpha value is -2.46. The zero-order valence-electron chi connectivity index (χ0n) is 10.6. The van der Waals surface area contributed by atoms with E-state index in [0.717, 1.165) is 15.8 Å². The van der Waals surface area contributed by atoms with Crippen LogP contribution in [0.25, 0.3) is 21.9 Å². The van der Waals surface area contributed by atoms with Gasteiger partial charge in [0.05, 0.1) is 15.8 Å². The van der Waals surface area contributed by atoms with E-state index in [2.05, 4.69) is 4.98 Å². The fourth-order valence-corrected chi connectivity index (χ4v) is 2.93. The summed E-state index contributed by atoms with van der Waals surface area (Å²) >= 11 is 1.47. The van der Waals surface area contributed by atoms with Crippen LogP contribution in [-0.2, 0) is 4.79 Å². The van der Waals surface area contributed by atoms with Gasteiger partial charge in [-0.3, -0.25) is 4.79 Å². The third-order valence-corrected chi connectivity index (χ3v) is 3.97. The molecular formula is C16H12N2OS. The number of fused-ring (bicyclic) bond motifs is 1. The largest absolute Gasteiger partial charge is 0.366 e. The number of carbonyl (C=O) groups excluding carboxylic acids is 1. The molecule has 2 aromatic carbocycles. The van der Waals surface area contributed by atoms with Crippen molar-refractivity contribution < 1.29 is 4.79 Å². The van der Waals surface area contributed by atoms with Crippen molar-refractivity contribution >= 4 is 39.1 Å². The third-order valence-electron chi connectivity index (χ3n) is 2.90. The molecule has 0 saturated carbocycles. The molecule has 0 aliphatic heterocycles. The SMILES string of the molecule is NC(=O)/C(=C\c1ccccc1)c1nc2ccccc2s1. The summed E-state index contributed by atoms with van der Waals surface area (Å²) in [6.45, 7) is 0. The number of hydrogen-bond donors (Lipinski definition) is 1. The van der Waals surface area contributed by atoms with Crippen LogP contribution >= 0.6 is 11.3 Å². The molecule has 4 heteroatoms. The maximum Gasteiger partial charge on any atom is 0.251 e. The van der Waals surface area contributed by atoms with E-state index in [4.69, 9.17) is 5.73 Å². The fraction of sp³-hybridized carbons (Fsp3) is 0. The minimum atomic E-state index is -0.465. The van der Waals surface area contributed by atoms with Gasteiger partial charge >= 0.3 is 0 Å². The first-order chi connectivity index (χ1) is 9.74. The highest BCUT2D eigenvalue weighted by Gasteiger charge is 2.13. The van der Waals surface area contributed by atoms with Gasteiger partial charge in [-0.25, -0.2) is 4.98 Å². The van der Waals surface area contributed by atoms with E-state index in [-0.39, 0.29) is 0 Å².